The highest BCUT2D eigenvalue weighted by molar-refractivity contribution is 9.10. The van der Waals surface area contributed by atoms with E-state index in [0.29, 0.717) is 13.0 Å². The molecule has 106 valence electrons. The third-order valence-corrected chi connectivity index (χ3v) is 3.40. The van der Waals surface area contributed by atoms with E-state index in [9.17, 15) is 8.78 Å². The van der Waals surface area contributed by atoms with E-state index < -0.39 is 5.92 Å². The average molecular weight is 341 g/mol. The van der Waals surface area contributed by atoms with Crippen LogP contribution in [0.3, 0.4) is 0 Å². The smallest absolute Gasteiger partial charge is 0.274 e. The van der Waals surface area contributed by atoms with E-state index in [4.69, 9.17) is 4.74 Å². The summed E-state index contributed by atoms with van der Waals surface area (Å²) >= 11 is 3.27. The van der Waals surface area contributed by atoms with Crippen molar-refractivity contribution in [1.29, 1.82) is 0 Å². The van der Waals surface area contributed by atoms with Gasteiger partial charge in [-0.1, -0.05) is 46.3 Å². The lowest BCUT2D eigenvalue weighted by atomic mass is 10.1. The first-order valence-corrected chi connectivity index (χ1v) is 7.11. The molecule has 0 radical (unpaired) electrons. The van der Waals surface area contributed by atoms with Gasteiger partial charge in [0.1, 0.15) is 5.75 Å². The van der Waals surface area contributed by atoms with Crippen LogP contribution < -0.4 is 4.74 Å². The molecule has 0 aromatic heterocycles. The molecular formula is C16H15BrF2O. The molecule has 0 atom stereocenters. The Morgan fingerprint density at radius 2 is 1.80 bits per heavy atom. The fourth-order valence-corrected chi connectivity index (χ4v) is 2.24. The van der Waals surface area contributed by atoms with Crippen molar-refractivity contribution < 1.29 is 13.5 Å². The lowest BCUT2D eigenvalue weighted by Crippen LogP contribution is -2.11. The molecule has 2 aromatic rings. The second-order valence-corrected chi connectivity index (χ2v) is 5.53. The Morgan fingerprint density at radius 3 is 2.45 bits per heavy atom. The monoisotopic (exact) mass is 340 g/mol. The molecule has 4 heteroatoms. The van der Waals surface area contributed by atoms with Gasteiger partial charge in [0.2, 0.25) is 0 Å². The van der Waals surface area contributed by atoms with Gasteiger partial charge in [0.05, 0.1) is 12.2 Å². The SMILES string of the molecule is CC(F)(F)c1ccc(Br)cc1OCCc1ccccc1. The Morgan fingerprint density at radius 1 is 1.10 bits per heavy atom. The largest absolute Gasteiger partial charge is 0.493 e. The fourth-order valence-electron chi connectivity index (χ4n) is 1.90. The van der Waals surface area contributed by atoms with E-state index in [-0.39, 0.29) is 11.3 Å². The van der Waals surface area contributed by atoms with Crippen LogP contribution in [-0.4, -0.2) is 6.61 Å². The number of hydrogen-bond acceptors (Lipinski definition) is 1. The number of ether oxygens (including phenoxy) is 1. The van der Waals surface area contributed by atoms with Crippen molar-refractivity contribution in [2.75, 3.05) is 6.61 Å². The molecular weight excluding hydrogens is 326 g/mol. The molecule has 0 bridgehead atoms. The summed E-state index contributed by atoms with van der Waals surface area (Å²) in [4.78, 5) is 0. The highest BCUT2D eigenvalue weighted by Crippen LogP contribution is 2.36. The maximum Gasteiger partial charge on any atom is 0.274 e. The summed E-state index contributed by atoms with van der Waals surface area (Å²) in [5.74, 6) is -2.69. The van der Waals surface area contributed by atoms with Crippen molar-refractivity contribution in [2.24, 2.45) is 0 Å². The fraction of sp³-hybridized carbons (Fsp3) is 0.250. The summed E-state index contributed by atoms with van der Waals surface area (Å²) in [7, 11) is 0. The summed E-state index contributed by atoms with van der Waals surface area (Å²) in [5, 5.41) is 0. The van der Waals surface area contributed by atoms with Crippen molar-refractivity contribution >= 4 is 15.9 Å². The lowest BCUT2D eigenvalue weighted by Gasteiger charge is -2.16. The molecule has 0 aliphatic heterocycles. The van der Waals surface area contributed by atoms with Gasteiger partial charge in [0, 0.05) is 17.8 Å². The maximum absolute atomic E-state index is 13.5. The van der Waals surface area contributed by atoms with Gasteiger partial charge in [-0.15, -0.1) is 0 Å². The number of benzene rings is 2. The quantitative estimate of drug-likeness (QED) is 0.728. The van der Waals surface area contributed by atoms with Gasteiger partial charge in [0.15, 0.2) is 0 Å². The molecule has 0 aliphatic rings. The van der Waals surface area contributed by atoms with Gasteiger partial charge in [-0.3, -0.25) is 0 Å². The molecule has 0 N–H and O–H groups in total. The number of rotatable bonds is 5. The summed E-state index contributed by atoms with van der Waals surface area (Å²) in [6.07, 6.45) is 0.683. The van der Waals surface area contributed by atoms with Gasteiger partial charge in [-0.05, 0) is 23.8 Å². The molecule has 0 unspecified atom stereocenters. The van der Waals surface area contributed by atoms with Crippen LogP contribution in [-0.2, 0) is 12.3 Å². The van der Waals surface area contributed by atoms with Crippen molar-refractivity contribution in [3.8, 4) is 5.75 Å². The predicted molar refractivity (Wildman–Crippen MR) is 79.4 cm³/mol. The average Bonchev–Trinajstić information content (AvgIpc) is 2.38. The van der Waals surface area contributed by atoms with Crippen LogP contribution in [0.15, 0.2) is 53.0 Å². The summed E-state index contributed by atoms with van der Waals surface area (Å²) < 4.78 is 33.3. The van der Waals surface area contributed by atoms with Crippen molar-refractivity contribution in [1.82, 2.24) is 0 Å². The minimum absolute atomic E-state index is 0.0891. The summed E-state index contributed by atoms with van der Waals surface area (Å²) in [5.41, 5.74) is 1.03. The van der Waals surface area contributed by atoms with Crippen LogP contribution in [0.2, 0.25) is 0 Å². The number of alkyl halides is 2. The highest BCUT2D eigenvalue weighted by atomic mass is 79.9. The highest BCUT2D eigenvalue weighted by Gasteiger charge is 2.28. The second kappa shape index (κ2) is 6.35. The molecule has 20 heavy (non-hydrogen) atoms. The molecule has 2 rings (SSSR count). The Kier molecular flexibility index (Phi) is 4.76. The third kappa shape index (κ3) is 4.04. The second-order valence-electron chi connectivity index (χ2n) is 4.61. The molecule has 2 aromatic carbocycles. The Labute approximate surface area is 125 Å². The molecule has 0 saturated heterocycles. The van der Waals surface area contributed by atoms with Crippen molar-refractivity contribution in [3.63, 3.8) is 0 Å². The Bertz CT molecular complexity index is 564. The molecule has 0 heterocycles. The predicted octanol–water partition coefficient (Wildman–Crippen LogP) is 5.18. The molecule has 0 aliphatic carbocycles. The minimum atomic E-state index is -2.91. The number of hydrogen-bond donors (Lipinski definition) is 0. The molecule has 0 amide bonds. The standard InChI is InChI=1S/C16H15BrF2O/c1-16(18,19)14-8-7-13(17)11-15(14)20-10-9-12-5-3-2-4-6-12/h2-8,11H,9-10H2,1H3. The number of halogens is 3. The van der Waals surface area contributed by atoms with Gasteiger partial charge < -0.3 is 4.74 Å². The maximum atomic E-state index is 13.5. The van der Waals surface area contributed by atoms with E-state index in [2.05, 4.69) is 15.9 Å². The zero-order valence-corrected chi connectivity index (χ0v) is 12.7. The van der Waals surface area contributed by atoms with Crippen LogP contribution in [0, 0.1) is 0 Å². The van der Waals surface area contributed by atoms with E-state index in [1.807, 2.05) is 30.3 Å². The normalized spacial score (nSPS) is 11.4. The molecule has 0 spiro atoms. The van der Waals surface area contributed by atoms with Gasteiger partial charge in [-0.25, -0.2) is 8.78 Å². The lowest BCUT2D eigenvalue weighted by molar-refractivity contribution is 0.0145. The van der Waals surface area contributed by atoms with Crippen LogP contribution in [0.4, 0.5) is 8.78 Å². The van der Waals surface area contributed by atoms with Crippen LogP contribution in [0.25, 0.3) is 0 Å². The summed E-state index contributed by atoms with van der Waals surface area (Å²) in [6.45, 7) is 1.24. The third-order valence-electron chi connectivity index (χ3n) is 2.91. The Balaban J connectivity index is 2.07. The first-order chi connectivity index (χ1) is 9.47. The van der Waals surface area contributed by atoms with Gasteiger partial charge >= 0.3 is 0 Å². The summed E-state index contributed by atoms with van der Waals surface area (Å²) in [6, 6.07) is 14.4. The zero-order chi connectivity index (χ0) is 14.6. The molecule has 0 fully saturated rings. The van der Waals surface area contributed by atoms with Gasteiger partial charge in [-0.2, -0.15) is 0 Å². The van der Waals surface area contributed by atoms with Crippen LogP contribution >= 0.6 is 15.9 Å². The van der Waals surface area contributed by atoms with E-state index in [1.165, 1.54) is 6.07 Å². The zero-order valence-electron chi connectivity index (χ0n) is 11.1. The minimum Gasteiger partial charge on any atom is -0.493 e. The Hall–Kier alpha value is -1.42. The van der Waals surface area contributed by atoms with Gasteiger partial charge in [0.25, 0.3) is 5.92 Å². The van der Waals surface area contributed by atoms with E-state index >= 15 is 0 Å². The van der Waals surface area contributed by atoms with E-state index in [0.717, 1.165) is 17.0 Å². The first kappa shape index (κ1) is 15.0. The van der Waals surface area contributed by atoms with Crippen molar-refractivity contribution in [2.45, 2.75) is 19.3 Å². The van der Waals surface area contributed by atoms with Crippen LogP contribution in [0.5, 0.6) is 5.75 Å². The topological polar surface area (TPSA) is 9.23 Å². The van der Waals surface area contributed by atoms with Crippen LogP contribution in [0.1, 0.15) is 18.1 Å². The molecule has 0 saturated carbocycles. The molecule has 1 nitrogen and oxygen atoms in total. The van der Waals surface area contributed by atoms with E-state index in [1.54, 1.807) is 12.1 Å². The first-order valence-electron chi connectivity index (χ1n) is 6.31. The van der Waals surface area contributed by atoms with Crippen molar-refractivity contribution in [3.05, 3.63) is 64.1 Å².